The van der Waals surface area contributed by atoms with Gasteiger partial charge < -0.3 is 20.9 Å². The quantitative estimate of drug-likeness (QED) is 0.662. The average molecular weight is 240 g/mol. The zero-order valence-corrected chi connectivity index (χ0v) is 10.5. The van der Waals surface area contributed by atoms with Crippen molar-refractivity contribution in [3.8, 4) is 5.88 Å². The molecule has 17 heavy (non-hydrogen) atoms. The molecule has 0 saturated heterocycles. The minimum Gasteiger partial charge on any atom is -0.478 e. The summed E-state index contributed by atoms with van der Waals surface area (Å²) < 4.78 is 5.31. The van der Waals surface area contributed by atoms with E-state index in [1.54, 1.807) is 19.9 Å². The Morgan fingerprint density at radius 1 is 1.53 bits per heavy atom. The summed E-state index contributed by atoms with van der Waals surface area (Å²) in [7, 11) is 0. The summed E-state index contributed by atoms with van der Waals surface area (Å²) in [6.07, 6.45) is -0.559. The lowest BCUT2D eigenvalue weighted by Gasteiger charge is -2.16. The summed E-state index contributed by atoms with van der Waals surface area (Å²) in [6.45, 7) is 6.35. The molecule has 2 atom stereocenters. The summed E-state index contributed by atoms with van der Waals surface area (Å²) in [6, 6.07) is 1.38. The summed E-state index contributed by atoms with van der Waals surface area (Å²) in [5.41, 5.74) is 5.71. The van der Waals surface area contributed by atoms with Crippen LogP contribution < -0.4 is 15.8 Å². The lowest BCUT2D eigenvalue weighted by atomic mass is 10.2. The molecule has 96 valence electrons. The van der Waals surface area contributed by atoms with Crippen LogP contribution in [0.2, 0.25) is 0 Å². The number of rotatable bonds is 6. The summed E-state index contributed by atoms with van der Waals surface area (Å²) >= 11 is 0. The first kappa shape index (κ1) is 13.7. The van der Waals surface area contributed by atoms with Crippen molar-refractivity contribution in [3.05, 3.63) is 11.9 Å². The Bertz CT molecular complexity index is 357. The van der Waals surface area contributed by atoms with E-state index in [0.29, 0.717) is 30.7 Å². The lowest BCUT2D eigenvalue weighted by molar-refractivity contribution is 0.168. The maximum Gasteiger partial charge on any atom is 0.218 e. The third-order valence-electron chi connectivity index (χ3n) is 2.25. The highest BCUT2D eigenvalue weighted by atomic mass is 16.5. The van der Waals surface area contributed by atoms with Crippen molar-refractivity contribution in [2.75, 3.05) is 18.5 Å². The number of anilines is 1. The van der Waals surface area contributed by atoms with Crippen LogP contribution in [0.4, 0.5) is 5.82 Å². The highest BCUT2D eigenvalue weighted by Crippen LogP contribution is 2.13. The number of nitrogens with one attached hydrogen (secondary N) is 1. The molecule has 1 rings (SSSR count). The monoisotopic (exact) mass is 240 g/mol. The number of nitrogens with zero attached hydrogens (tertiary/aromatic N) is 2. The van der Waals surface area contributed by atoms with E-state index in [0.717, 1.165) is 0 Å². The van der Waals surface area contributed by atoms with Gasteiger partial charge in [0.25, 0.3) is 0 Å². The number of aryl methyl sites for hydroxylation is 1. The van der Waals surface area contributed by atoms with E-state index in [9.17, 15) is 5.11 Å². The van der Waals surface area contributed by atoms with E-state index < -0.39 is 6.10 Å². The van der Waals surface area contributed by atoms with Crippen LogP contribution in [0.15, 0.2) is 6.07 Å². The minimum atomic E-state index is -0.559. The van der Waals surface area contributed by atoms with E-state index in [-0.39, 0.29) is 6.04 Å². The predicted octanol–water partition coefficient (Wildman–Crippen LogP) is 0.304. The van der Waals surface area contributed by atoms with Crippen LogP contribution in [0.5, 0.6) is 5.88 Å². The fraction of sp³-hybridized carbons (Fsp3) is 0.636. The van der Waals surface area contributed by atoms with Crippen LogP contribution in [0.25, 0.3) is 0 Å². The summed E-state index contributed by atoms with van der Waals surface area (Å²) in [4.78, 5) is 8.34. The molecule has 1 aromatic rings. The molecule has 4 N–H and O–H groups in total. The van der Waals surface area contributed by atoms with Crippen LogP contribution in [-0.2, 0) is 0 Å². The topological polar surface area (TPSA) is 93.3 Å². The second kappa shape index (κ2) is 6.36. The number of ether oxygens (including phenoxy) is 1. The fourth-order valence-electron chi connectivity index (χ4n) is 1.25. The molecule has 0 aliphatic carbocycles. The molecule has 1 aromatic heterocycles. The van der Waals surface area contributed by atoms with Gasteiger partial charge >= 0.3 is 0 Å². The molecule has 6 heteroatoms. The van der Waals surface area contributed by atoms with E-state index in [1.807, 2.05) is 6.92 Å². The van der Waals surface area contributed by atoms with Crippen molar-refractivity contribution >= 4 is 5.82 Å². The van der Waals surface area contributed by atoms with E-state index in [1.165, 1.54) is 0 Å². The first-order chi connectivity index (χ1) is 8.02. The fourth-order valence-corrected chi connectivity index (χ4v) is 1.25. The summed E-state index contributed by atoms with van der Waals surface area (Å²) in [5.74, 6) is 1.81. The highest BCUT2D eigenvalue weighted by molar-refractivity contribution is 5.38. The molecular formula is C11H20N4O2. The van der Waals surface area contributed by atoms with Gasteiger partial charge in [-0.2, -0.15) is 4.98 Å². The van der Waals surface area contributed by atoms with Crippen molar-refractivity contribution in [1.82, 2.24) is 9.97 Å². The lowest BCUT2D eigenvalue weighted by Crippen LogP contribution is -2.38. The number of aromatic nitrogens is 2. The minimum absolute atomic E-state index is 0.333. The van der Waals surface area contributed by atoms with Gasteiger partial charge in [0, 0.05) is 18.7 Å². The normalized spacial score (nSPS) is 14.2. The standard InChI is InChI=1S/C11H20N4O2/c1-4-17-11-5-10(14-8(3)15-11)13-6-9(12)7(2)16/h5,7,9,16H,4,6,12H2,1-3H3,(H,13,14,15). The van der Waals surface area contributed by atoms with Crippen molar-refractivity contribution in [2.24, 2.45) is 5.73 Å². The Hall–Kier alpha value is -1.40. The highest BCUT2D eigenvalue weighted by Gasteiger charge is 2.09. The van der Waals surface area contributed by atoms with Gasteiger partial charge in [-0.05, 0) is 20.8 Å². The zero-order chi connectivity index (χ0) is 12.8. The van der Waals surface area contributed by atoms with Crippen molar-refractivity contribution < 1.29 is 9.84 Å². The molecule has 2 unspecified atom stereocenters. The Kier molecular flexibility index (Phi) is 5.11. The Labute approximate surface area is 101 Å². The number of hydrogen-bond donors (Lipinski definition) is 3. The number of aliphatic hydroxyl groups is 1. The molecular weight excluding hydrogens is 220 g/mol. The second-order valence-corrected chi connectivity index (χ2v) is 3.86. The first-order valence-corrected chi connectivity index (χ1v) is 5.69. The number of hydrogen-bond acceptors (Lipinski definition) is 6. The van der Waals surface area contributed by atoms with E-state index in [4.69, 9.17) is 10.5 Å². The largest absolute Gasteiger partial charge is 0.478 e. The van der Waals surface area contributed by atoms with Gasteiger partial charge in [0.15, 0.2) is 0 Å². The van der Waals surface area contributed by atoms with Crippen LogP contribution in [0, 0.1) is 6.92 Å². The maximum atomic E-state index is 9.27. The van der Waals surface area contributed by atoms with Crippen LogP contribution in [0.1, 0.15) is 19.7 Å². The van der Waals surface area contributed by atoms with Gasteiger partial charge in [0.1, 0.15) is 11.6 Å². The molecule has 0 spiro atoms. The number of aliphatic hydroxyl groups excluding tert-OH is 1. The third-order valence-corrected chi connectivity index (χ3v) is 2.25. The smallest absolute Gasteiger partial charge is 0.218 e. The second-order valence-electron chi connectivity index (χ2n) is 3.86. The molecule has 6 nitrogen and oxygen atoms in total. The molecule has 0 aliphatic heterocycles. The van der Waals surface area contributed by atoms with Gasteiger partial charge in [-0.15, -0.1) is 0 Å². The first-order valence-electron chi connectivity index (χ1n) is 5.69. The third kappa shape index (κ3) is 4.54. The van der Waals surface area contributed by atoms with Gasteiger partial charge in [0.05, 0.1) is 12.7 Å². The molecule has 1 heterocycles. The molecule has 0 bridgehead atoms. The molecule has 0 aliphatic rings. The summed E-state index contributed by atoms with van der Waals surface area (Å²) in [5, 5.41) is 12.3. The van der Waals surface area contributed by atoms with E-state index in [2.05, 4.69) is 15.3 Å². The Morgan fingerprint density at radius 3 is 2.82 bits per heavy atom. The maximum absolute atomic E-state index is 9.27. The average Bonchev–Trinajstić information content (AvgIpc) is 2.25. The zero-order valence-electron chi connectivity index (χ0n) is 10.5. The van der Waals surface area contributed by atoms with Gasteiger partial charge in [0.2, 0.25) is 5.88 Å². The van der Waals surface area contributed by atoms with Gasteiger partial charge in [-0.3, -0.25) is 0 Å². The van der Waals surface area contributed by atoms with Crippen molar-refractivity contribution in [2.45, 2.75) is 32.9 Å². The van der Waals surface area contributed by atoms with Crippen LogP contribution >= 0.6 is 0 Å². The van der Waals surface area contributed by atoms with E-state index >= 15 is 0 Å². The molecule has 0 fully saturated rings. The van der Waals surface area contributed by atoms with Crippen molar-refractivity contribution in [1.29, 1.82) is 0 Å². The SMILES string of the molecule is CCOc1cc(NCC(N)C(C)O)nc(C)n1. The van der Waals surface area contributed by atoms with Crippen LogP contribution in [-0.4, -0.2) is 40.4 Å². The van der Waals surface area contributed by atoms with Crippen LogP contribution in [0.3, 0.4) is 0 Å². The Morgan fingerprint density at radius 2 is 2.24 bits per heavy atom. The van der Waals surface area contributed by atoms with Gasteiger partial charge in [-0.1, -0.05) is 0 Å². The molecule has 0 aromatic carbocycles. The molecule has 0 saturated carbocycles. The molecule has 0 radical (unpaired) electrons. The van der Waals surface area contributed by atoms with Crippen molar-refractivity contribution in [3.63, 3.8) is 0 Å². The molecule has 0 amide bonds. The number of nitrogens with two attached hydrogens (primary N) is 1. The Balaban J connectivity index is 2.64. The predicted molar refractivity (Wildman–Crippen MR) is 66.1 cm³/mol. The van der Waals surface area contributed by atoms with Gasteiger partial charge in [-0.25, -0.2) is 4.98 Å².